The monoisotopic (exact) mass is 226 g/mol. The molecule has 0 aromatic carbocycles. The second kappa shape index (κ2) is 4.58. The third-order valence-corrected chi connectivity index (χ3v) is 4.65. The van der Waals surface area contributed by atoms with Crippen molar-refractivity contribution in [2.45, 2.75) is 35.0 Å². The lowest BCUT2D eigenvalue weighted by atomic mass is 9.99. The van der Waals surface area contributed by atoms with Crippen LogP contribution >= 0.6 is 49.6 Å². The number of hydrogen-bond acceptors (Lipinski definition) is 4. The van der Waals surface area contributed by atoms with Crippen molar-refractivity contribution in [2.75, 3.05) is 5.08 Å². The third kappa shape index (κ3) is 3.33. The van der Waals surface area contributed by atoms with Crippen molar-refractivity contribution >= 4 is 49.6 Å². The van der Waals surface area contributed by atoms with E-state index in [2.05, 4.69) is 37.9 Å². The molecule has 0 radical (unpaired) electrons. The standard InChI is InChI=1S/C7H14S4/c8-5-11-7(10)3-1-2-6(9)4-7/h6,8-10H,1-5H2. The Hall–Kier alpha value is 1.40. The number of rotatable bonds is 2. The molecule has 1 saturated carbocycles. The number of hydrogen-bond donors (Lipinski definition) is 3. The summed E-state index contributed by atoms with van der Waals surface area (Å²) in [5.41, 5.74) is 0. The molecule has 1 aliphatic rings. The first-order valence-corrected chi connectivity index (χ1v) is 6.40. The molecular formula is C7H14S4. The Morgan fingerprint density at radius 3 is 2.82 bits per heavy atom. The van der Waals surface area contributed by atoms with Crippen molar-refractivity contribution in [1.82, 2.24) is 0 Å². The molecule has 0 aromatic heterocycles. The first kappa shape index (κ1) is 10.5. The Bertz CT molecular complexity index is 124. The predicted molar refractivity (Wildman–Crippen MR) is 64.4 cm³/mol. The van der Waals surface area contributed by atoms with Gasteiger partial charge >= 0.3 is 0 Å². The van der Waals surface area contributed by atoms with E-state index >= 15 is 0 Å². The van der Waals surface area contributed by atoms with E-state index < -0.39 is 0 Å². The minimum Gasteiger partial charge on any atom is -0.176 e. The highest BCUT2D eigenvalue weighted by Crippen LogP contribution is 2.44. The average Bonchev–Trinajstić information content (AvgIpc) is 1.86. The summed E-state index contributed by atoms with van der Waals surface area (Å²) in [5, 5.41) is 1.41. The fourth-order valence-electron chi connectivity index (χ4n) is 1.44. The highest BCUT2D eigenvalue weighted by atomic mass is 32.2. The largest absolute Gasteiger partial charge is 0.176 e. The fraction of sp³-hybridized carbons (Fsp3) is 1.00. The maximum atomic E-state index is 4.65. The highest BCUT2D eigenvalue weighted by molar-refractivity contribution is 8.17. The molecule has 11 heavy (non-hydrogen) atoms. The van der Waals surface area contributed by atoms with Crippen LogP contribution in [0.2, 0.25) is 0 Å². The molecule has 4 heteroatoms. The molecule has 0 amide bonds. The van der Waals surface area contributed by atoms with E-state index in [-0.39, 0.29) is 4.08 Å². The van der Waals surface area contributed by atoms with Crippen LogP contribution in [0, 0.1) is 0 Å². The summed E-state index contributed by atoms with van der Waals surface area (Å²) in [4.78, 5) is 0. The summed E-state index contributed by atoms with van der Waals surface area (Å²) in [6, 6.07) is 0. The Balaban J connectivity index is 2.41. The normalized spacial score (nSPS) is 39.0. The predicted octanol–water partition coefficient (Wildman–Crippen LogP) is 3.11. The van der Waals surface area contributed by atoms with E-state index in [4.69, 9.17) is 0 Å². The van der Waals surface area contributed by atoms with Crippen LogP contribution in [0.1, 0.15) is 25.7 Å². The van der Waals surface area contributed by atoms with Gasteiger partial charge in [-0.3, -0.25) is 0 Å². The Morgan fingerprint density at radius 2 is 2.27 bits per heavy atom. The van der Waals surface area contributed by atoms with Gasteiger partial charge in [0.15, 0.2) is 0 Å². The van der Waals surface area contributed by atoms with Gasteiger partial charge in [0.25, 0.3) is 0 Å². The molecule has 0 bridgehead atoms. The van der Waals surface area contributed by atoms with Crippen molar-refractivity contribution in [3.05, 3.63) is 0 Å². The summed E-state index contributed by atoms with van der Waals surface area (Å²) in [7, 11) is 0. The molecule has 2 unspecified atom stereocenters. The molecule has 0 heterocycles. The second-order valence-corrected chi connectivity index (χ2v) is 6.96. The second-order valence-electron chi connectivity index (χ2n) is 2.97. The maximum absolute atomic E-state index is 4.65. The van der Waals surface area contributed by atoms with E-state index in [1.807, 2.05) is 11.8 Å². The summed E-state index contributed by atoms with van der Waals surface area (Å²) in [6.45, 7) is 0. The molecule has 1 rings (SSSR count). The van der Waals surface area contributed by atoms with Gasteiger partial charge in [0, 0.05) is 10.3 Å². The lowest BCUT2D eigenvalue weighted by Crippen LogP contribution is -2.27. The molecule has 2 atom stereocenters. The smallest absolute Gasteiger partial charge is 0.0600 e. The van der Waals surface area contributed by atoms with Crippen LogP contribution in [0.4, 0.5) is 0 Å². The van der Waals surface area contributed by atoms with Gasteiger partial charge in [0.2, 0.25) is 0 Å². The fourth-order valence-corrected chi connectivity index (χ4v) is 4.67. The zero-order valence-electron chi connectivity index (χ0n) is 6.36. The van der Waals surface area contributed by atoms with Gasteiger partial charge in [0.05, 0.1) is 4.08 Å². The molecule has 0 saturated heterocycles. The van der Waals surface area contributed by atoms with E-state index in [1.54, 1.807) is 0 Å². The van der Waals surface area contributed by atoms with E-state index in [0.717, 1.165) is 11.5 Å². The van der Waals surface area contributed by atoms with Gasteiger partial charge in [0.1, 0.15) is 0 Å². The molecule has 1 fully saturated rings. The van der Waals surface area contributed by atoms with Crippen LogP contribution in [0.3, 0.4) is 0 Å². The SMILES string of the molecule is SCSC1(S)CCCC(S)C1. The van der Waals surface area contributed by atoms with Gasteiger partial charge in [-0.05, 0) is 19.3 Å². The zero-order valence-corrected chi connectivity index (χ0v) is 9.86. The Morgan fingerprint density at radius 1 is 1.55 bits per heavy atom. The minimum absolute atomic E-state index is 0.159. The molecule has 66 valence electrons. The van der Waals surface area contributed by atoms with Gasteiger partial charge in [-0.2, -0.15) is 37.9 Å². The minimum atomic E-state index is 0.159. The first-order valence-electron chi connectivity index (χ1n) is 3.81. The Labute approximate surface area is 89.5 Å². The van der Waals surface area contributed by atoms with E-state index in [1.165, 1.54) is 19.3 Å². The molecule has 1 aliphatic carbocycles. The lowest BCUT2D eigenvalue weighted by Gasteiger charge is -2.34. The highest BCUT2D eigenvalue weighted by Gasteiger charge is 2.31. The van der Waals surface area contributed by atoms with Crippen LogP contribution in [-0.2, 0) is 0 Å². The van der Waals surface area contributed by atoms with Crippen LogP contribution in [0.15, 0.2) is 0 Å². The van der Waals surface area contributed by atoms with Crippen LogP contribution in [0.5, 0.6) is 0 Å². The Kier molecular flexibility index (Phi) is 4.37. The van der Waals surface area contributed by atoms with E-state index in [9.17, 15) is 0 Å². The summed E-state index contributed by atoms with van der Waals surface area (Å²) >= 11 is 15.2. The van der Waals surface area contributed by atoms with Gasteiger partial charge in [-0.15, -0.1) is 11.8 Å². The van der Waals surface area contributed by atoms with Crippen molar-refractivity contribution in [2.24, 2.45) is 0 Å². The molecule has 0 aliphatic heterocycles. The zero-order chi connectivity index (χ0) is 8.32. The third-order valence-electron chi connectivity index (χ3n) is 1.99. The maximum Gasteiger partial charge on any atom is 0.0600 e. The number of thioether (sulfide) groups is 1. The van der Waals surface area contributed by atoms with Gasteiger partial charge < -0.3 is 0 Å². The molecular weight excluding hydrogens is 212 g/mol. The van der Waals surface area contributed by atoms with E-state index in [0.29, 0.717) is 5.25 Å². The van der Waals surface area contributed by atoms with Crippen LogP contribution in [-0.4, -0.2) is 14.4 Å². The first-order chi connectivity index (χ1) is 5.16. The lowest BCUT2D eigenvalue weighted by molar-refractivity contribution is 0.507. The summed E-state index contributed by atoms with van der Waals surface area (Å²) < 4.78 is 0.159. The molecule has 0 spiro atoms. The van der Waals surface area contributed by atoms with Gasteiger partial charge in [-0.1, -0.05) is 6.42 Å². The number of thiol groups is 3. The van der Waals surface area contributed by atoms with Crippen molar-refractivity contribution in [1.29, 1.82) is 0 Å². The van der Waals surface area contributed by atoms with Crippen molar-refractivity contribution in [3.63, 3.8) is 0 Å². The van der Waals surface area contributed by atoms with Gasteiger partial charge in [-0.25, -0.2) is 0 Å². The molecule has 0 aromatic rings. The average molecular weight is 226 g/mol. The van der Waals surface area contributed by atoms with Crippen LogP contribution in [0.25, 0.3) is 0 Å². The summed E-state index contributed by atoms with van der Waals surface area (Å²) in [5.74, 6) is 0. The van der Waals surface area contributed by atoms with Crippen LogP contribution < -0.4 is 0 Å². The van der Waals surface area contributed by atoms with Crippen molar-refractivity contribution in [3.8, 4) is 0 Å². The molecule has 0 nitrogen and oxygen atoms in total. The topological polar surface area (TPSA) is 0 Å². The molecule has 0 N–H and O–H groups in total. The quantitative estimate of drug-likeness (QED) is 0.480. The summed E-state index contributed by atoms with van der Waals surface area (Å²) in [6.07, 6.45) is 4.83. The van der Waals surface area contributed by atoms with Crippen molar-refractivity contribution < 1.29 is 0 Å².